The van der Waals surface area contributed by atoms with Crippen molar-refractivity contribution in [1.29, 1.82) is 0 Å². The van der Waals surface area contributed by atoms with Gasteiger partial charge >= 0.3 is 11.9 Å². The summed E-state index contributed by atoms with van der Waals surface area (Å²) in [6.45, 7) is 4.77. The summed E-state index contributed by atoms with van der Waals surface area (Å²) in [4.78, 5) is 25.5. The van der Waals surface area contributed by atoms with Crippen molar-refractivity contribution in [3.05, 3.63) is 0 Å². The van der Waals surface area contributed by atoms with Gasteiger partial charge in [-0.2, -0.15) is 0 Å². The van der Waals surface area contributed by atoms with E-state index >= 15 is 0 Å². The fraction of sp³-hybridized carbons (Fsp3) is 0.909. The first-order valence-electron chi connectivity index (χ1n) is 11.2. The highest BCUT2D eigenvalue weighted by Crippen LogP contribution is 2.62. The molecule has 4 rings (SSSR count). The van der Waals surface area contributed by atoms with Gasteiger partial charge in [-0.05, 0) is 56.3 Å². The van der Waals surface area contributed by atoms with Crippen molar-refractivity contribution in [2.24, 2.45) is 23.7 Å². The highest BCUT2D eigenvalue weighted by molar-refractivity contribution is 5.86. The molecule has 4 fully saturated rings. The summed E-state index contributed by atoms with van der Waals surface area (Å²) in [6.07, 6.45) is 6.99. The molecular weight excluding hydrogens is 360 g/mol. The Bertz CT molecular complexity index is 558. The Labute approximate surface area is 167 Å². The molecule has 1 saturated heterocycles. The number of esters is 2. The molecule has 4 aliphatic rings. The lowest BCUT2D eigenvalue weighted by Crippen LogP contribution is -2.47. The zero-order valence-corrected chi connectivity index (χ0v) is 17.2. The third-order valence-corrected chi connectivity index (χ3v) is 7.11. The SMILES string of the molecule is CCCCOC(=O)[C@H]1OC2(C[C@@H]3C[C@H]4C[C@@H](C3)[C@@H]2C4)O[C@@H]1C(=O)OCCCC. The largest absolute Gasteiger partial charge is 0.464 e. The lowest BCUT2D eigenvalue weighted by Gasteiger charge is -2.45. The number of carbonyl (C=O) groups is 2. The van der Waals surface area contributed by atoms with Gasteiger partial charge in [-0.3, -0.25) is 0 Å². The van der Waals surface area contributed by atoms with Crippen molar-refractivity contribution in [1.82, 2.24) is 0 Å². The molecule has 158 valence electrons. The van der Waals surface area contributed by atoms with E-state index in [2.05, 4.69) is 0 Å². The quantitative estimate of drug-likeness (QED) is 0.463. The Kier molecular flexibility index (Phi) is 5.98. The summed E-state index contributed by atoms with van der Waals surface area (Å²) in [6, 6.07) is 0. The Balaban J connectivity index is 1.51. The monoisotopic (exact) mass is 394 g/mol. The average molecular weight is 395 g/mol. The number of hydrogen-bond donors (Lipinski definition) is 0. The van der Waals surface area contributed by atoms with E-state index in [1.54, 1.807) is 0 Å². The molecule has 0 aromatic heterocycles. The Morgan fingerprint density at radius 3 is 2.00 bits per heavy atom. The second kappa shape index (κ2) is 8.31. The van der Waals surface area contributed by atoms with Gasteiger partial charge in [0, 0.05) is 12.3 Å². The molecular formula is C22H34O6. The van der Waals surface area contributed by atoms with Crippen molar-refractivity contribution in [3.63, 3.8) is 0 Å². The Morgan fingerprint density at radius 1 is 0.857 bits per heavy atom. The fourth-order valence-corrected chi connectivity index (χ4v) is 5.94. The van der Waals surface area contributed by atoms with E-state index in [0.29, 0.717) is 25.0 Å². The van der Waals surface area contributed by atoms with E-state index in [4.69, 9.17) is 18.9 Å². The molecule has 0 unspecified atom stereocenters. The van der Waals surface area contributed by atoms with Crippen LogP contribution in [-0.4, -0.2) is 43.1 Å². The molecule has 6 atom stereocenters. The lowest BCUT2D eigenvalue weighted by molar-refractivity contribution is -0.245. The minimum atomic E-state index is -1.01. The second-order valence-electron chi connectivity index (χ2n) is 9.18. The van der Waals surface area contributed by atoms with Crippen LogP contribution in [0.2, 0.25) is 0 Å². The average Bonchev–Trinajstić information content (AvgIpc) is 3.16. The molecule has 1 heterocycles. The Hall–Kier alpha value is -1.14. The standard InChI is InChI=1S/C22H34O6/c1-3-5-7-25-20(23)18-19(21(24)26-8-6-4-2)28-22(27-18)13-15-9-14-10-16(11-15)17(22)12-14/h14-19H,3-13H2,1-2H3/t14-,15+,16-,17-,18-,19-/m0/s1. The maximum atomic E-state index is 12.7. The molecule has 0 aromatic rings. The summed E-state index contributed by atoms with van der Waals surface area (Å²) < 4.78 is 23.5. The maximum absolute atomic E-state index is 12.7. The minimum absolute atomic E-state index is 0.274. The summed E-state index contributed by atoms with van der Waals surface area (Å²) in [7, 11) is 0. The van der Waals surface area contributed by atoms with Gasteiger partial charge in [-0.1, -0.05) is 26.7 Å². The molecule has 0 radical (unpaired) electrons. The van der Waals surface area contributed by atoms with Crippen LogP contribution in [0, 0.1) is 23.7 Å². The van der Waals surface area contributed by atoms with Crippen molar-refractivity contribution in [2.45, 2.75) is 89.6 Å². The zero-order valence-electron chi connectivity index (χ0n) is 17.2. The smallest absolute Gasteiger partial charge is 0.338 e. The van der Waals surface area contributed by atoms with E-state index in [-0.39, 0.29) is 5.92 Å². The van der Waals surface area contributed by atoms with Gasteiger partial charge in [0.15, 0.2) is 18.0 Å². The normalized spacial score (nSPS) is 37.4. The molecule has 1 aliphatic heterocycles. The molecule has 1 spiro atoms. The minimum Gasteiger partial charge on any atom is -0.464 e. The van der Waals surface area contributed by atoms with Crippen LogP contribution in [0.15, 0.2) is 0 Å². The van der Waals surface area contributed by atoms with Crippen molar-refractivity contribution in [3.8, 4) is 0 Å². The predicted molar refractivity (Wildman–Crippen MR) is 101 cm³/mol. The van der Waals surface area contributed by atoms with Crippen LogP contribution in [0.25, 0.3) is 0 Å². The van der Waals surface area contributed by atoms with Crippen molar-refractivity contribution in [2.75, 3.05) is 13.2 Å². The van der Waals surface area contributed by atoms with Crippen LogP contribution in [-0.2, 0) is 28.5 Å². The summed E-state index contributed by atoms with van der Waals surface area (Å²) in [5.74, 6) is 0.368. The van der Waals surface area contributed by atoms with E-state index in [9.17, 15) is 9.59 Å². The number of ether oxygens (including phenoxy) is 4. The van der Waals surface area contributed by atoms with Crippen LogP contribution in [0.3, 0.4) is 0 Å². The molecule has 28 heavy (non-hydrogen) atoms. The van der Waals surface area contributed by atoms with Crippen LogP contribution in [0.4, 0.5) is 0 Å². The zero-order chi connectivity index (χ0) is 19.7. The summed E-state index contributed by atoms with van der Waals surface area (Å²) in [5, 5.41) is 0. The first-order valence-corrected chi connectivity index (χ1v) is 11.2. The van der Waals surface area contributed by atoms with E-state index < -0.39 is 29.9 Å². The van der Waals surface area contributed by atoms with E-state index in [1.165, 1.54) is 19.3 Å². The van der Waals surface area contributed by atoms with Crippen LogP contribution < -0.4 is 0 Å². The third-order valence-electron chi connectivity index (χ3n) is 7.11. The first-order chi connectivity index (χ1) is 13.6. The predicted octanol–water partition coefficient (Wildman–Crippen LogP) is 3.61. The number of fused-ring (bicyclic) bond motifs is 3. The molecule has 6 nitrogen and oxygen atoms in total. The number of rotatable bonds is 8. The molecule has 0 amide bonds. The third kappa shape index (κ3) is 3.70. The molecule has 6 heteroatoms. The number of unbranched alkanes of at least 4 members (excludes halogenated alkanes) is 2. The van der Waals surface area contributed by atoms with Gasteiger partial charge in [0.1, 0.15) is 0 Å². The van der Waals surface area contributed by atoms with Gasteiger partial charge < -0.3 is 18.9 Å². The van der Waals surface area contributed by atoms with Crippen molar-refractivity contribution >= 4 is 11.9 Å². The first kappa shape index (κ1) is 20.1. The van der Waals surface area contributed by atoms with Crippen molar-refractivity contribution < 1.29 is 28.5 Å². The molecule has 0 N–H and O–H groups in total. The second-order valence-corrected chi connectivity index (χ2v) is 9.18. The van der Waals surface area contributed by atoms with Crippen LogP contribution in [0.1, 0.15) is 71.6 Å². The van der Waals surface area contributed by atoms with Gasteiger partial charge in [0.05, 0.1) is 13.2 Å². The summed E-state index contributed by atoms with van der Waals surface area (Å²) in [5.41, 5.74) is 0. The van der Waals surface area contributed by atoms with Gasteiger partial charge in [-0.15, -0.1) is 0 Å². The van der Waals surface area contributed by atoms with Gasteiger partial charge in [-0.25, -0.2) is 9.59 Å². The van der Waals surface area contributed by atoms with E-state index in [0.717, 1.165) is 44.4 Å². The molecule has 3 bridgehead atoms. The van der Waals surface area contributed by atoms with Gasteiger partial charge in [0.25, 0.3) is 0 Å². The van der Waals surface area contributed by atoms with Crippen LogP contribution in [0.5, 0.6) is 0 Å². The molecule has 3 saturated carbocycles. The lowest BCUT2D eigenvalue weighted by atomic mass is 9.69. The molecule has 3 aliphatic carbocycles. The Morgan fingerprint density at radius 2 is 1.43 bits per heavy atom. The highest BCUT2D eigenvalue weighted by atomic mass is 16.8. The number of hydrogen-bond acceptors (Lipinski definition) is 6. The van der Waals surface area contributed by atoms with E-state index in [1.807, 2.05) is 13.8 Å². The van der Waals surface area contributed by atoms with Gasteiger partial charge in [0.2, 0.25) is 0 Å². The van der Waals surface area contributed by atoms with Crippen LogP contribution >= 0.6 is 0 Å². The topological polar surface area (TPSA) is 71.1 Å². The summed E-state index contributed by atoms with van der Waals surface area (Å²) >= 11 is 0. The number of carbonyl (C=O) groups excluding carboxylic acids is 2. The maximum Gasteiger partial charge on any atom is 0.338 e. The molecule has 0 aromatic carbocycles. The fourth-order valence-electron chi connectivity index (χ4n) is 5.94. The highest BCUT2D eigenvalue weighted by Gasteiger charge is 2.65.